The van der Waals surface area contributed by atoms with Gasteiger partial charge in [-0.1, -0.05) is 0 Å². The molecule has 0 spiro atoms. The Morgan fingerprint density at radius 2 is 1.59 bits per heavy atom. The minimum atomic E-state index is -0.435. The number of hydrogen-bond donors (Lipinski definition) is 1. The lowest BCUT2D eigenvalue weighted by Crippen LogP contribution is -2.20. The standard InChI is InChI=1S/C20H23NO6/c1-3-25-12-13-26-20(23)15-4-6-16(7-5-15)21-19(22)14-27-18-10-8-17(24-2)9-11-18/h4-11H,3,12-14H2,1-2H3,(H,21,22). The molecule has 0 aliphatic heterocycles. The number of amides is 1. The maximum atomic E-state index is 12.0. The van der Waals surface area contributed by atoms with Crippen molar-refractivity contribution in [2.75, 3.05) is 38.9 Å². The van der Waals surface area contributed by atoms with Gasteiger partial charge in [-0.2, -0.15) is 0 Å². The van der Waals surface area contributed by atoms with Crippen LogP contribution in [0.4, 0.5) is 5.69 Å². The smallest absolute Gasteiger partial charge is 0.338 e. The summed E-state index contributed by atoms with van der Waals surface area (Å²) < 4.78 is 20.7. The minimum Gasteiger partial charge on any atom is -0.497 e. The Morgan fingerprint density at radius 3 is 2.22 bits per heavy atom. The van der Waals surface area contributed by atoms with E-state index in [2.05, 4.69) is 5.32 Å². The van der Waals surface area contributed by atoms with Crippen molar-refractivity contribution >= 4 is 17.6 Å². The van der Waals surface area contributed by atoms with E-state index >= 15 is 0 Å². The van der Waals surface area contributed by atoms with Crippen LogP contribution in [0.25, 0.3) is 0 Å². The summed E-state index contributed by atoms with van der Waals surface area (Å²) in [6, 6.07) is 13.4. The Balaban J connectivity index is 1.77. The Labute approximate surface area is 158 Å². The van der Waals surface area contributed by atoms with Crippen LogP contribution in [0.15, 0.2) is 48.5 Å². The van der Waals surface area contributed by atoms with Gasteiger partial charge in [-0.15, -0.1) is 0 Å². The second-order valence-electron chi connectivity index (χ2n) is 5.42. The number of nitrogens with one attached hydrogen (secondary N) is 1. The van der Waals surface area contributed by atoms with Crippen LogP contribution in [0, 0.1) is 0 Å². The fraction of sp³-hybridized carbons (Fsp3) is 0.300. The molecule has 144 valence electrons. The van der Waals surface area contributed by atoms with E-state index in [4.69, 9.17) is 18.9 Å². The fourth-order valence-electron chi connectivity index (χ4n) is 2.13. The van der Waals surface area contributed by atoms with Gasteiger partial charge in [0.15, 0.2) is 6.61 Å². The van der Waals surface area contributed by atoms with Gasteiger partial charge in [0, 0.05) is 12.3 Å². The molecule has 0 unspecified atom stereocenters. The van der Waals surface area contributed by atoms with Crippen LogP contribution >= 0.6 is 0 Å². The summed E-state index contributed by atoms with van der Waals surface area (Å²) in [5, 5.41) is 2.70. The molecular weight excluding hydrogens is 350 g/mol. The quantitative estimate of drug-likeness (QED) is 0.509. The van der Waals surface area contributed by atoms with Gasteiger partial charge in [-0.05, 0) is 55.5 Å². The summed E-state index contributed by atoms with van der Waals surface area (Å²) in [7, 11) is 1.58. The van der Waals surface area contributed by atoms with Crippen molar-refractivity contribution in [3.05, 3.63) is 54.1 Å². The summed E-state index contributed by atoms with van der Waals surface area (Å²) in [5.41, 5.74) is 0.961. The normalized spacial score (nSPS) is 10.1. The number of carbonyl (C=O) groups excluding carboxylic acids is 2. The second-order valence-corrected chi connectivity index (χ2v) is 5.42. The van der Waals surface area contributed by atoms with Crippen molar-refractivity contribution in [3.63, 3.8) is 0 Å². The highest BCUT2D eigenvalue weighted by atomic mass is 16.6. The van der Waals surface area contributed by atoms with Crippen LogP contribution in [0.1, 0.15) is 17.3 Å². The Bertz CT molecular complexity index is 727. The molecule has 2 aromatic carbocycles. The lowest BCUT2D eigenvalue weighted by molar-refractivity contribution is -0.118. The largest absolute Gasteiger partial charge is 0.497 e. The van der Waals surface area contributed by atoms with Gasteiger partial charge in [0.25, 0.3) is 5.91 Å². The summed E-state index contributed by atoms with van der Waals surface area (Å²) >= 11 is 0. The van der Waals surface area contributed by atoms with Crippen molar-refractivity contribution in [1.29, 1.82) is 0 Å². The second kappa shape index (κ2) is 10.8. The predicted octanol–water partition coefficient (Wildman–Crippen LogP) is 2.91. The van der Waals surface area contributed by atoms with Crippen molar-refractivity contribution < 1.29 is 28.5 Å². The average Bonchev–Trinajstić information content (AvgIpc) is 2.70. The molecule has 7 heteroatoms. The molecule has 0 aliphatic rings. The Kier molecular flexibility index (Phi) is 8.12. The third-order valence-electron chi connectivity index (χ3n) is 3.50. The first-order chi connectivity index (χ1) is 13.1. The molecule has 0 saturated carbocycles. The number of esters is 1. The average molecular weight is 373 g/mol. The molecule has 2 rings (SSSR count). The minimum absolute atomic E-state index is 0.131. The molecule has 0 aromatic heterocycles. The third-order valence-corrected chi connectivity index (χ3v) is 3.50. The molecule has 0 aliphatic carbocycles. The predicted molar refractivity (Wildman–Crippen MR) is 100 cm³/mol. The zero-order chi connectivity index (χ0) is 19.5. The summed E-state index contributed by atoms with van der Waals surface area (Å²) in [4.78, 5) is 23.8. The fourth-order valence-corrected chi connectivity index (χ4v) is 2.13. The first-order valence-corrected chi connectivity index (χ1v) is 8.54. The Hall–Kier alpha value is -3.06. The van der Waals surface area contributed by atoms with Gasteiger partial charge in [0.1, 0.15) is 18.1 Å². The van der Waals surface area contributed by atoms with Crippen molar-refractivity contribution in [3.8, 4) is 11.5 Å². The zero-order valence-corrected chi connectivity index (χ0v) is 15.4. The van der Waals surface area contributed by atoms with Gasteiger partial charge in [-0.25, -0.2) is 4.79 Å². The van der Waals surface area contributed by atoms with Crippen LogP contribution in [-0.2, 0) is 14.3 Å². The number of rotatable bonds is 10. The highest BCUT2D eigenvalue weighted by molar-refractivity contribution is 5.93. The van der Waals surface area contributed by atoms with Crippen molar-refractivity contribution in [2.45, 2.75) is 6.92 Å². The highest BCUT2D eigenvalue weighted by Gasteiger charge is 2.08. The summed E-state index contributed by atoms with van der Waals surface area (Å²) in [6.45, 7) is 2.89. The van der Waals surface area contributed by atoms with Crippen LogP contribution in [0.5, 0.6) is 11.5 Å². The van der Waals surface area contributed by atoms with Gasteiger partial charge < -0.3 is 24.3 Å². The monoisotopic (exact) mass is 373 g/mol. The SMILES string of the molecule is CCOCCOC(=O)c1ccc(NC(=O)COc2ccc(OC)cc2)cc1. The van der Waals surface area contributed by atoms with E-state index < -0.39 is 5.97 Å². The van der Waals surface area contributed by atoms with Crippen LogP contribution in [0.3, 0.4) is 0 Å². The molecule has 0 saturated heterocycles. The Morgan fingerprint density at radius 1 is 0.926 bits per heavy atom. The van der Waals surface area contributed by atoms with Crippen molar-refractivity contribution in [2.24, 2.45) is 0 Å². The molecule has 1 amide bonds. The van der Waals surface area contributed by atoms with Gasteiger partial charge in [-0.3, -0.25) is 4.79 Å². The van der Waals surface area contributed by atoms with E-state index in [1.807, 2.05) is 6.92 Å². The topological polar surface area (TPSA) is 83.1 Å². The number of benzene rings is 2. The molecule has 0 heterocycles. The molecule has 0 atom stereocenters. The summed E-state index contributed by atoms with van der Waals surface area (Å²) in [5.74, 6) is 0.535. The number of carbonyl (C=O) groups is 2. The van der Waals surface area contributed by atoms with Gasteiger partial charge in [0.05, 0.1) is 19.3 Å². The van der Waals surface area contributed by atoms with Crippen LogP contribution in [-0.4, -0.2) is 45.4 Å². The third kappa shape index (κ3) is 6.99. The van der Waals surface area contributed by atoms with Crippen LogP contribution < -0.4 is 14.8 Å². The number of ether oxygens (including phenoxy) is 4. The van der Waals surface area contributed by atoms with E-state index in [0.29, 0.717) is 36.0 Å². The molecule has 1 N–H and O–H groups in total. The lowest BCUT2D eigenvalue weighted by atomic mass is 10.2. The van der Waals surface area contributed by atoms with E-state index in [0.717, 1.165) is 0 Å². The lowest BCUT2D eigenvalue weighted by Gasteiger charge is -2.09. The van der Waals surface area contributed by atoms with E-state index in [1.165, 1.54) is 0 Å². The number of methoxy groups -OCH3 is 1. The van der Waals surface area contributed by atoms with Gasteiger partial charge >= 0.3 is 5.97 Å². The maximum Gasteiger partial charge on any atom is 0.338 e. The first kappa shape index (κ1) is 20.3. The molecule has 0 radical (unpaired) electrons. The molecule has 0 bridgehead atoms. The van der Waals surface area contributed by atoms with E-state index in [9.17, 15) is 9.59 Å². The number of hydrogen-bond acceptors (Lipinski definition) is 6. The molecule has 2 aromatic rings. The highest BCUT2D eigenvalue weighted by Crippen LogP contribution is 2.17. The maximum absolute atomic E-state index is 12.0. The molecule has 0 fully saturated rings. The molecular formula is C20H23NO6. The van der Waals surface area contributed by atoms with Gasteiger partial charge in [0.2, 0.25) is 0 Å². The molecule has 27 heavy (non-hydrogen) atoms. The van der Waals surface area contributed by atoms with E-state index in [1.54, 1.807) is 55.6 Å². The zero-order valence-electron chi connectivity index (χ0n) is 15.4. The van der Waals surface area contributed by atoms with E-state index in [-0.39, 0.29) is 19.1 Å². The first-order valence-electron chi connectivity index (χ1n) is 8.54. The van der Waals surface area contributed by atoms with Crippen LogP contribution in [0.2, 0.25) is 0 Å². The number of anilines is 1. The molecule has 7 nitrogen and oxygen atoms in total. The van der Waals surface area contributed by atoms with Crippen molar-refractivity contribution in [1.82, 2.24) is 0 Å². The summed E-state index contributed by atoms with van der Waals surface area (Å²) in [6.07, 6.45) is 0.